The Kier molecular flexibility index (Phi) is 7.55. The molecule has 1 fully saturated rings. The van der Waals surface area contributed by atoms with Gasteiger partial charge in [0.15, 0.2) is 0 Å². The number of hydrogen-bond acceptors (Lipinski definition) is 4. The molecular weight excluding hydrogens is 396 g/mol. The zero-order chi connectivity index (χ0) is 21.7. The number of sulfonamides is 1. The van der Waals surface area contributed by atoms with Gasteiger partial charge in [-0.05, 0) is 106 Å². The van der Waals surface area contributed by atoms with Crippen molar-refractivity contribution in [1.29, 1.82) is 0 Å². The predicted molar refractivity (Wildman–Crippen MR) is 122 cm³/mol. The lowest BCUT2D eigenvalue weighted by Crippen LogP contribution is -2.30. The predicted octanol–water partition coefficient (Wildman–Crippen LogP) is 4.50. The molecule has 0 saturated heterocycles. The average Bonchev–Trinajstić information content (AvgIpc) is 2.72. The van der Waals surface area contributed by atoms with Crippen molar-refractivity contribution in [2.45, 2.75) is 69.4 Å². The molecule has 0 aliphatic heterocycles. The summed E-state index contributed by atoms with van der Waals surface area (Å²) in [5, 5.41) is 8.71. The van der Waals surface area contributed by atoms with Crippen molar-refractivity contribution in [2.24, 2.45) is 11.1 Å². The van der Waals surface area contributed by atoms with E-state index >= 15 is 0 Å². The van der Waals surface area contributed by atoms with Gasteiger partial charge in [-0.3, -0.25) is 0 Å². The summed E-state index contributed by atoms with van der Waals surface area (Å²) in [6.45, 7) is 4.07. The Morgan fingerprint density at radius 1 is 1.07 bits per heavy atom. The molecule has 0 bridgehead atoms. The Bertz CT molecular complexity index is 949. The van der Waals surface area contributed by atoms with Crippen molar-refractivity contribution in [3.63, 3.8) is 0 Å². The molecule has 0 amide bonds. The molecule has 1 aliphatic carbocycles. The number of hydrogen-bond donors (Lipinski definition) is 2. The van der Waals surface area contributed by atoms with Gasteiger partial charge in [0.05, 0.1) is 11.0 Å². The van der Waals surface area contributed by atoms with Crippen LogP contribution < -0.4 is 15.2 Å². The van der Waals surface area contributed by atoms with Crippen molar-refractivity contribution < 1.29 is 13.2 Å². The topological polar surface area (TPSA) is 81.4 Å². The Morgan fingerprint density at radius 2 is 1.77 bits per heavy atom. The summed E-state index contributed by atoms with van der Waals surface area (Å²) in [7, 11) is -1.68. The Balaban J connectivity index is 1.82. The summed E-state index contributed by atoms with van der Waals surface area (Å²) < 4.78 is 29.5. The number of benzene rings is 2. The van der Waals surface area contributed by atoms with Crippen LogP contribution in [0.5, 0.6) is 5.75 Å². The van der Waals surface area contributed by atoms with E-state index < -0.39 is 10.0 Å². The zero-order valence-corrected chi connectivity index (χ0v) is 19.0. The van der Waals surface area contributed by atoms with Gasteiger partial charge < -0.3 is 10.1 Å². The van der Waals surface area contributed by atoms with E-state index in [1.165, 1.54) is 37.3 Å². The molecule has 3 rings (SSSR count). The lowest BCUT2D eigenvalue weighted by Gasteiger charge is -2.28. The normalized spacial score (nSPS) is 19.8. The quantitative estimate of drug-likeness (QED) is 0.646. The van der Waals surface area contributed by atoms with Crippen LogP contribution in [0.4, 0.5) is 0 Å². The first kappa shape index (κ1) is 22.8. The third kappa shape index (κ3) is 6.06. The molecule has 2 aromatic carbocycles. The maximum absolute atomic E-state index is 11.7. The minimum Gasteiger partial charge on any atom is -0.491 e. The van der Waals surface area contributed by atoms with Crippen LogP contribution in [-0.2, 0) is 16.4 Å². The number of nitrogens with two attached hydrogens (primary N) is 1. The highest BCUT2D eigenvalue weighted by molar-refractivity contribution is 7.89. The second kappa shape index (κ2) is 9.94. The molecule has 3 N–H and O–H groups in total. The van der Waals surface area contributed by atoms with Gasteiger partial charge in [0.2, 0.25) is 10.0 Å². The first-order valence-corrected chi connectivity index (χ1v) is 12.4. The summed E-state index contributed by atoms with van der Waals surface area (Å²) in [5.41, 5.74) is 3.00. The highest BCUT2D eigenvalue weighted by atomic mass is 32.2. The SMILES string of the molecule is CNC1CCC(CCc2cc(-c3cccc(S(N)(=O)=O)c3)ccc2OC(C)C)CC1. The van der Waals surface area contributed by atoms with E-state index in [0.29, 0.717) is 6.04 Å². The highest BCUT2D eigenvalue weighted by Crippen LogP contribution is 2.33. The Hall–Kier alpha value is -1.89. The lowest BCUT2D eigenvalue weighted by atomic mass is 9.82. The minimum absolute atomic E-state index is 0.103. The van der Waals surface area contributed by atoms with Gasteiger partial charge >= 0.3 is 0 Å². The fourth-order valence-corrected chi connectivity index (χ4v) is 4.83. The average molecular weight is 431 g/mol. The molecule has 1 aliphatic rings. The molecule has 1 saturated carbocycles. The van der Waals surface area contributed by atoms with Crippen molar-refractivity contribution in [3.05, 3.63) is 48.0 Å². The molecule has 164 valence electrons. The molecule has 5 nitrogen and oxygen atoms in total. The second-order valence-corrected chi connectivity index (χ2v) is 10.2. The van der Waals surface area contributed by atoms with Gasteiger partial charge in [-0.25, -0.2) is 13.6 Å². The van der Waals surface area contributed by atoms with E-state index in [0.717, 1.165) is 35.6 Å². The summed E-state index contributed by atoms with van der Waals surface area (Å²) in [6, 6.07) is 13.6. The number of primary sulfonamides is 1. The van der Waals surface area contributed by atoms with Gasteiger partial charge in [-0.2, -0.15) is 0 Å². The Morgan fingerprint density at radius 3 is 2.40 bits per heavy atom. The fraction of sp³-hybridized carbons (Fsp3) is 0.500. The van der Waals surface area contributed by atoms with Crippen LogP contribution in [0.15, 0.2) is 47.4 Å². The van der Waals surface area contributed by atoms with E-state index in [9.17, 15) is 8.42 Å². The molecule has 0 heterocycles. The van der Waals surface area contributed by atoms with Gasteiger partial charge in [0.1, 0.15) is 5.75 Å². The van der Waals surface area contributed by atoms with E-state index in [1.807, 2.05) is 32.0 Å². The molecule has 0 radical (unpaired) electrons. The van der Waals surface area contributed by atoms with Crippen LogP contribution in [0.3, 0.4) is 0 Å². The van der Waals surface area contributed by atoms with Gasteiger partial charge in [0.25, 0.3) is 0 Å². The monoisotopic (exact) mass is 430 g/mol. The number of aryl methyl sites for hydroxylation is 1. The van der Waals surface area contributed by atoms with E-state index in [2.05, 4.69) is 18.4 Å². The molecule has 30 heavy (non-hydrogen) atoms. The van der Waals surface area contributed by atoms with Crippen LogP contribution in [0.2, 0.25) is 0 Å². The third-order valence-corrected chi connectivity index (χ3v) is 6.91. The molecular formula is C24H34N2O3S. The van der Waals surface area contributed by atoms with Crippen molar-refractivity contribution in [3.8, 4) is 16.9 Å². The number of nitrogens with one attached hydrogen (secondary N) is 1. The third-order valence-electron chi connectivity index (χ3n) is 6.00. The van der Waals surface area contributed by atoms with Crippen LogP contribution in [-0.4, -0.2) is 27.6 Å². The van der Waals surface area contributed by atoms with Crippen molar-refractivity contribution >= 4 is 10.0 Å². The zero-order valence-electron chi connectivity index (χ0n) is 18.2. The molecule has 0 atom stereocenters. The summed E-state index contributed by atoms with van der Waals surface area (Å²) in [5.74, 6) is 1.66. The van der Waals surface area contributed by atoms with E-state index in [4.69, 9.17) is 9.88 Å². The van der Waals surface area contributed by atoms with Crippen molar-refractivity contribution in [1.82, 2.24) is 5.32 Å². The first-order chi connectivity index (χ1) is 14.3. The van der Waals surface area contributed by atoms with Gasteiger partial charge in [-0.1, -0.05) is 18.2 Å². The fourth-order valence-electron chi connectivity index (χ4n) is 4.28. The van der Waals surface area contributed by atoms with Crippen LogP contribution in [0.25, 0.3) is 11.1 Å². The van der Waals surface area contributed by atoms with Crippen LogP contribution in [0, 0.1) is 5.92 Å². The number of rotatable bonds is 8. The molecule has 6 heteroatoms. The van der Waals surface area contributed by atoms with Gasteiger partial charge in [0, 0.05) is 6.04 Å². The minimum atomic E-state index is -3.73. The highest BCUT2D eigenvalue weighted by Gasteiger charge is 2.20. The van der Waals surface area contributed by atoms with Crippen LogP contribution >= 0.6 is 0 Å². The lowest BCUT2D eigenvalue weighted by molar-refractivity contribution is 0.238. The first-order valence-electron chi connectivity index (χ1n) is 10.9. The smallest absolute Gasteiger partial charge is 0.238 e. The number of ether oxygens (including phenoxy) is 1. The van der Waals surface area contributed by atoms with Gasteiger partial charge in [-0.15, -0.1) is 0 Å². The molecule has 0 unspecified atom stereocenters. The summed E-state index contributed by atoms with van der Waals surface area (Å²) in [4.78, 5) is 0.130. The molecule has 0 spiro atoms. The van der Waals surface area contributed by atoms with E-state index in [1.54, 1.807) is 12.1 Å². The molecule has 0 aromatic heterocycles. The summed E-state index contributed by atoms with van der Waals surface area (Å²) in [6.07, 6.45) is 7.23. The van der Waals surface area contributed by atoms with Crippen molar-refractivity contribution in [2.75, 3.05) is 7.05 Å². The standard InChI is InChI=1S/C24H34N2O3S/c1-17(2)29-24-14-11-20(19-5-4-6-23(16-19)30(25,27)28)15-21(24)10-7-18-8-12-22(26-3)13-9-18/h4-6,11,14-18,22,26H,7-10,12-13H2,1-3H3,(H2,25,27,28). The second-order valence-electron chi connectivity index (χ2n) is 8.61. The molecule has 2 aromatic rings. The maximum Gasteiger partial charge on any atom is 0.238 e. The largest absolute Gasteiger partial charge is 0.491 e. The van der Waals surface area contributed by atoms with E-state index in [-0.39, 0.29) is 11.0 Å². The van der Waals surface area contributed by atoms with Crippen LogP contribution in [0.1, 0.15) is 51.5 Å². The summed E-state index contributed by atoms with van der Waals surface area (Å²) >= 11 is 0. The Labute approximate surface area is 181 Å². The maximum atomic E-state index is 11.7.